The summed E-state index contributed by atoms with van der Waals surface area (Å²) in [7, 11) is -2.45. The Kier molecular flexibility index (Phi) is 5.27. The summed E-state index contributed by atoms with van der Waals surface area (Å²) in [4.78, 5) is 2.32. The highest BCUT2D eigenvalue weighted by Crippen LogP contribution is 2.43. The van der Waals surface area contributed by atoms with Crippen LogP contribution < -0.4 is 0 Å². The van der Waals surface area contributed by atoms with Gasteiger partial charge in [0.2, 0.25) is 7.37 Å². The van der Waals surface area contributed by atoms with Crippen LogP contribution in [0.25, 0.3) is 0 Å². The lowest BCUT2D eigenvalue weighted by Crippen LogP contribution is -2.43. The molecule has 4 nitrogen and oxygen atoms in total. The topological polar surface area (TPSA) is 38.8 Å². The van der Waals surface area contributed by atoms with Crippen LogP contribution in [0.1, 0.15) is 13.8 Å². The van der Waals surface area contributed by atoms with Crippen molar-refractivity contribution in [3.63, 3.8) is 0 Å². The molecule has 5 heteroatoms. The summed E-state index contributed by atoms with van der Waals surface area (Å²) in [6.07, 6.45) is 0.609. The molecule has 0 aromatic carbocycles. The molecule has 0 radical (unpaired) electrons. The van der Waals surface area contributed by atoms with Crippen LogP contribution in [0.2, 0.25) is 0 Å². The van der Waals surface area contributed by atoms with Crippen molar-refractivity contribution in [3.05, 3.63) is 0 Å². The normalized spacial score (nSPS) is 27.5. The standard InChI is InChI=1S/C10H22NO3P/c1-4-11-6-7-13-10(8-11)9-15(3,12)14-5-2/h10H,4-9H2,1-3H3. The molecule has 1 aliphatic heterocycles. The molecule has 0 aliphatic carbocycles. The molecule has 1 heterocycles. The van der Waals surface area contributed by atoms with Gasteiger partial charge >= 0.3 is 0 Å². The van der Waals surface area contributed by atoms with Gasteiger partial charge in [0.15, 0.2) is 0 Å². The molecule has 0 spiro atoms. The van der Waals surface area contributed by atoms with Crippen molar-refractivity contribution in [1.29, 1.82) is 0 Å². The number of hydrogen-bond acceptors (Lipinski definition) is 4. The van der Waals surface area contributed by atoms with E-state index in [9.17, 15) is 4.57 Å². The molecule has 15 heavy (non-hydrogen) atoms. The van der Waals surface area contributed by atoms with Gasteiger partial charge in [0.25, 0.3) is 0 Å². The Balaban J connectivity index is 2.40. The Morgan fingerprint density at radius 2 is 2.27 bits per heavy atom. The van der Waals surface area contributed by atoms with E-state index in [1.165, 1.54) is 0 Å². The van der Waals surface area contributed by atoms with Gasteiger partial charge in [-0.1, -0.05) is 6.92 Å². The Hall–Kier alpha value is 0.110. The van der Waals surface area contributed by atoms with Gasteiger partial charge in [-0.25, -0.2) is 0 Å². The molecule has 0 aromatic rings. The Labute approximate surface area is 92.4 Å². The summed E-state index contributed by atoms with van der Waals surface area (Å²) in [5, 5.41) is 0. The molecule has 1 aliphatic rings. The summed E-state index contributed by atoms with van der Waals surface area (Å²) < 4.78 is 22.8. The minimum absolute atomic E-state index is 0.0704. The smallest absolute Gasteiger partial charge is 0.202 e. The van der Waals surface area contributed by atoms with E-state index < -0.39 is 7.37 Å². The number of nitrogens with zero attached hydrogens (tertiary/aromatic N) is 1. The lowest BCUT2D eigenvalue weighted by atomic mass is 10.3. The zero-order chi connectivity index (χ0) is 11.3. The van der Waals surface area contributed by atoms with E-state index in [1.54, 1.807) is 6.66 Å². The van der Waals surface area contributed by atoms with Crippen LogP contribution in [-0.4, -0.2) is 56.7 Å². The first-order valence-corrected chi connectivity index (χ1v) is 7.88. The first-order chi connectivity index (χ1) is 7.07. The SMILES string of the molecule is CCOP(C)(=O)CC1CN(CC)CCO1. The first-order valence-electron chi connectivity index (χ1n) is 5.62. The predicted octanol–water partition coefficient (Wildman–Crippen LogP) is 1.65. The number of ether oxygens (including phenoxy) is 1. The number of likely N-dealkylation sites (N-methyl/N-ethyl adjacent to an activating group) is 1. The molecule has 0 amide bonds. The van der Waals surface area contributed by atoms with Crippen molar-refractivity contribution in [2.45, 2.75) is 20.0 Å². The van der Waals surface area contributed by atoms with E-state index in [0.717, 1.165) is 26.2 Å². The zero-order valence-electron chi connectivity index (χ0n) is 9.94. The second kappa shape index (κ2) is 6.00. The van der Waals surface area contributed by atoms with Crippen molar-refractivity contribution in [2.24, 2.45) is 0 Å². The summed E-state index contributed by atoms with van der Waals surface area (Å²) in [5.74, 6) is 0. The van der Waals surface area contributed by atoms with Gasteiger partial charge in [-0.15, -0.1) is 0 Å². The fourth-order valence-corrected chi connectivity index (χ4v) is 3.49. The molecule has 90 valence electrons. The van der Waals surface area contributed by atoms with Crippen LogP contribution in [0.3, 0.4) is 0 Å². The minimum Gasteiger partial charge on any atom is -0.375 e. The summed E-state index contributed by atoms with van der Waals surface area (Å²) in [6, 6.07) is 0. The second-order valence-corrected chi connectivity index (χ2v) is 6.65. The first kappa shape index (κ1) is 13.2. The highest BCUT2D eigenvalue weighted by atomic mass is 31.2. The molecule has 1 rings (SSSR count). The number of hydrogen-bond donors (Lipinski definition) is 0. The van der Waals surface area contributed by atoms with E-state index in [1.807, 2.05) is 6.92 Å². The van der Waals surface area contributed by atoms with Gasteiger partial charge in [0.05, 0.1) is 25.5 Å². The average molecular weight is 235 g/mol. The lowest BCUT2D eigenvalue weighted by molar-refractivity contribution is -0.0156. The van der Waals surface area contributed by atoms with E-state index in [2.05, 4.69) is 11.8 Å². The predicted molar refractivity (Wildman–Crippen MR) is 61.9 cm³/mol. The molecule has 1 saturated heterocycles. The Bertz CT molecular complexity index is 235. The molecule has 0 N–H and O–H groups in total. The quantitative estimate of drug-likeness (QED) is 0.679. The maximum Gasteiger partial charge on any atom is 0.202 e. The minimum atomic E-state index is -2.45. The lowest BCUT2D eigenvalue weighted by Gasteiger charge is -2.33. The van der Waals surface area contributed by atoms with Gasteiger partial charge in [-0.3, -0.25) is 9.46 Å². The third-order valence-corrected chi connectivity index (χ3v) is 4.48. The van der Waals surface area contributed by atoms with Crippen LogP contribution in [0, 0.1) is 0 Å². The van der Waals surface area contributed by atoms with Gasteiger partial charge < -0.3 is 9.26 Å². The van der Waals surface area contributed by atoms with Crippen molar-refractivity contribution in [3.8, 4) is 0 Å². The molecule has 2 atom stereocenters. The molecule has 0 saturated carbocycles. The van der Waals surface area contributed by atoms with Crippen LogP contribution in [0.5, 0.6) is 0 Å². The van der Waals surface area contributed by atoms with E-state index >= 15 is 0 Å². The van der Waals surface area contributed by atoms with E-state index in [4.69, 9.17) is 9.26 Å². The molecule has 1 fully saturated rings. The van der Waals surface area contributed by atoms with E-state index in [0.29, 0.717) is 12.8 Å². The van der Waals surface area contributed by atoms with Crippen LogP contribution in [0.15, 0.2) is 0 Å². The third-order valence-electron chi connectivity index (χ3n) is 2.61. The average Bonchev–Trinajstić information content (AvgIpc) is 2.17. The van der Waals surface area contributed by atoms with Gasteiger partial charge in [-0.2, -0.15) is 0 Å². The van der Waals surface area contributed by atoms with Crippen LogP contribution in [0.4, 0.5) is 0 Å². The second-order valence-electron chi connectivity index (χ2n) is 4.00. The number of morpholine rings is 1. The molecular weight excluding hydrogens is 213 g/mol. The maximum atomic E-state index is 12.0. The van der Waals surface area contributed by atoms with E-state index in [-0.39, 0.29) is 6.10 Å². The van der Waals surface area contributed by atoms with Crippen molar-refractivity contribution in [2.75, 3.05) is 45.7 Å². The highest BCUT2D eigenvalue weighted by Gasteiger charge is 2.26. The van der Waals surface area contributed by atoms with Crippen LogP contribution in [-0.2, 0) is 13.8 Å². The summed E-state index contributed by atoms with van der Waals surface area (Å²) >= 11 is 0. The van der Waals surface area contributed by atoms with Crippen LogP contribution >= 0.6 is 7.37 Å². The van der Waals surface area contributed by atoms with Gasteiger partial charge in [0.1, 0.15) is 0 Å². The third kappa shape index (κ3) is 4.64. The Morgan fingerprint density at radius 3 is 2.87 bits per heavy atom. The van der Waals surface area contributed by atoms with Crippen molar-refractivity contribution in [1.82, 2.24) is 4.90 Å². The zero-order valence-corrected chi connectivity index (χ0v) is 10.8. The van der Waals surface area contributed by atoms with Gasteiger partial charge in [0, 0.05) is 19.8 Å². The fourth-order valence-electron chi connectivity index (χ4n) is 1.87. The largest absolute Gasteiger partial charge is 0.375 e. The Morgan fingerprint density at radius 1 is 1.53 bits per heavy atom. The monoisotopic (exact) mass is 235 g/mol. The van der Waals surface area contributed by atoms with Crippen molar-refractivity contribution >= 4 is 7.37 Å². The summed E-state index contributed by atoms with van der Waals surface area (Å²) in [5.41, 5.74) is 0. The number of rotatable bonds is 5. The molecule has 0 bridgehead atoms. The highest BCUT2D eigenvalue weighted by molar-refractivity contribution is 7.58. The van der Waals surface area contributed by atoms with Gasteiger partial charge in [-0.05, 0) is 13.5 Å². The fraction of sp³-hybridized carbons (Fsp3) is 1.00. The molecule has 0 aromatic heterocycles. The molecular formula is C10H22NO3P. The maximum absolute atomic E-state index is 12.0. The van der Waals surface area contributed by atoms with Crippen molar-refractivity contribution < 1.29 is 13.8 Å². The summed E-state index contributed by atoms with van der Waals surface area (Å²) in [6.45, 7) is 9.85. The molecule has 2 unspecified atom stereocenters.